The Balaban J connectivity index is 1.42. The maximum atomic E-state index is 12.6. The average molecular weight is 501 g/mol. The molecule has 2 N–H and O–H groups in total. The molecule has 0 saturated heterocycles. The molecule has 2 atom stereocenters. The quantitative estimate of drug-likeness (QED) is 0.297. The second-order valence-corrected chi connectivity index (χ2v) is 9.88. The zero-order valence-corrected chi connectivity index (χ0v) is 18.9. The normalized spacial score (nSPS) is 16.5. The molecule has 1 unspecified atom stereocenters. The fourth-order valence-electron chi connectivity index (χ4n) is 3.72. The van der Waals surface area contributed by atoms with Crippen LogP contribution < -0.4 is 0 Å². The van der Waals surface area contributed by atoms with E-state index >= 15 is 0 Å². The molecule has 4 rings (SSSR count). The Morgan fingerprint density at radius 1 is 0.618 bits per heavy atom. The van der Waals surface area contributed by atoms with Crippen molar-refractivity contribution in [2.24, 2.45) is 0 Å². The minimum atomic E-state index is -1.48. The summed E-state index contributed by atoms with van der Waals surface area (Å²) in [6.45, 7) is 0. The second-order valence-electron chi connectivity index (χ2n) is 7.33. The van der Waals surface area contributed by atoms with Gasteiger partial charge in [0.1, 0.15) is 12.1 Å². The molecule has 0 aliphatic carbocycles. The summed E-state index contributed by atoms with van der Waals surface area (Å²) in [7, 11) is 1.85. The number of benzene rings is 2. The lowest BCUT2D eigenvalue weighted by molar-refractivity contribution is -0.141. The van der Waals surface area contributed by atoms with Crippen LogP contribution in [0.2, 0.25) is 0 Å². The smallest absolute Gasteiger partial charge is 0.327 e. The van der Waals surface area contributed by atoms with E-state index in [0.717, 1.165) is 21.6 Å². The van der Waals surface area contributed by atoms with Gasteiger partial charge in [-0.3, -0.25) is 29.0 Å². The van der Waals surface area contributed by atoms with E-state index in [0.29, 0.717) is 9.80 Å². The van der Waals surface area contributed by atoms with Crippen molar-refractivity contribution in [3.63, 3.8) is 0 Å². The number of aliphatic carboxylic acids is 2. The molecular formula is C22H16N2O8S2. The van der Waals surface area contributed by atoms with Crippen molar-refractivity contribution in [3.05, 3.63) is 70.8 Å². The first-order valence-electron chi connectivity index (χ1n) is 9.88. The van der Waals surface area contributed by atoms with Crippen molar-refractivity contribution in [3.8, 4) is 0 Å². The fraction of sp³-hybridized carbons (Fsp3) is 0.182. The van der Waals surface area contributed by atoms with Crippen molar-refractivity contribution in [2.45, 2.75) is 12.1 Å². The number of fused-ring (bicyclic) bond motifs is 2. The highest BCUT2D eigenvalue weighted by Crippen LogP contribution is 2.32. The summed E-state index contributed by atoms with van der Waals surface area (Å²) >= 11 is 0. The Kier molecular flexibility index (Phi) is 6.44. The van der Waals surface area contributed by atoms with Gasteiger partial charge in [0.2, 0.25) is 0 Å². The molecule has 2 aromatic rings. The van der Waals surface area contributed by atoms with Crippen molar-refractivity contribution < 1.29 is 39.0 Å². The number of carboxylic acids is 2. The molecule has 2 aliphatic rings. The summed E-state index contributed by atoms with van der Waals surface area (Å²) in [6.07, 6.45) is 0. The Morgan fingerprint density at radius 2 is 0.882 bits per heavy atom. The lowest BCUT2D eigenvalue weighted by atomic mass is 10.1. The summed E-state index contributed by atoms with van der Waals surface area (Å²) in [4.78, 5) is 75.4. The molecule has 4 amide bonds. The highest BCUT2D eigenvalue weighted by molar-refractivity contribution is 8.76. The van der Waals surface area contributed by atoms with Gasteiger partial charge in [0.25, 0.3) is 23.6 Å². The molecule has 2 heterocycles. The number of amides is 4. The van der Waals surface area contributed by atoms with Gasteiger partial charge < -0.3 is 10.2 Å². The Hall–Kier alpha value is -3.64. The zero-order valence-electron chi connectivity index (χ0n) is 17.2. The Morgan fingerprint density at radius 3 is 1.12 bits per heavy atom. The largest absolute Gasteiger partial charge is 0.480 e. The van der Waals surface area contributed by atoms with Crippen LogP contribution in [-0.2, 0) is 9.59 Å². The Bertz CT molecular complexity index is 1080. The molecule has 0 bridgehead atoms. The van der Waals surface area contributed by atoms with Crippen molar-refractivity contribution in [2.75, 3.05) is 11.5 Å². The summed E-state index contributed by atoms with van der Waals surface area (Å²) in [5, 5.41) is 19.3. The maximum Gasteiger partial charge on any atom is 0.327 e. The molecule has 174 valence electrons. The third-order valence-electron chi connectivity index (χ3n) is 5.38. The first-order chi connectivity index (χ1) is 16.2. The van der Waals surface area contributed by atoms with Crippen LogP contribution >= 0.6 is 21.6 Å². The first-order valence-corrected chi connectivity index (χ1v) is 12.4. The average Bonchev–Trinajstić information content (AvgIpc) is 3.21. The van der Waals surface area contributed by atoms with E-state index in [2.05, 4.69) is 0 Å². The van der Waals surface area contributed by atoms with Gasteiger partial charge in [-0.15, -0.1) is 0 Å². The number of carboxylic acid groups (broad SMARTS) is 2. The monoisotopic (exact) mass is 500 g/mol. The Labute approximate surface area is 200 Å². The molecule has 0 aromatic heterocycles. The lowest BCUT2D eigenvalue weighted by Gasteiger charge is -2.23. The molecule has 0 saturated carbocycles. The maximum absolute atomic E-state index is 12.6. The van der Waals surface area contributed by atoms with E-state index < -0.39 is 47.7 Å². The summed E-state index contributed by atoms with van der Waals surface area (Å²) < 4.78 is 0. The SMILES string of the molecule is O=C(O)C(CSSC[C@@H](C(=O)O)N1C(=O)c2ccccc2C1=O)N1C(=O)c2ccccc2C1=O. The molecule has 10 nitrogen and oxygen atoms in total. The van der Waals surface area contributed by atoms with E-state index in [1.807, 2.05) is 0 Å². The lowest BCUT2D eigenvalue weighted by Crippen LogP contribution is -2.47. The van der Waals surface area contributed by atoms with Crippen LogP contribution in [0.4, 0.5) is 0 Å². The third-order valence-corrected chi connectivity index (χ3v) is 7.77. The highest BCUT2D eigenvalue weighted by Gasteiger charge is 2.44. The second kappa shape index (κ2) is 9.31. The van der Waals surface area contributed by atoms with Crippen LogP contribution in [0.5, 0.6) is 0 Å². The van der Waals surface area contributed by atoms with Crippen LogP contribution in [0, 0.1) is 0 Å². The molecule has 0 fully saturated rings. The predicted octanol–water partition coefficient (Wildman–Crippen LogP) is 1.87. The summed E-state index contributed by atoms with van der Waals surface area (Å²) in [5.74, 6) is -6.09. The molecule has 2 aromatic carbocycles. The third kappa shape index (κ3) is 3.94. The summed E-state index contributed by atoms with van der Waals surface area (Å²) in [6, 6.07) is 9.08. The van der Waals surface area contributed by atoms with E-state index in [4.69, 9.17) is 0 Å². The number of carbonyl (C=O) groups excluding carboxylic acids is 4. The number of nitrogens with zero attached hydrogens (tertiary/aromatic N) is 2. The molecule has 34 heavy (non-hydrogen) atoms. The van der Waals surface area contributed by atoms with Gasteiger partial charge in [-0.2, -0.15) is 0 Å². The van der Waals surface area contributed by atoms with E-state index in [-0.39, 0.29) is 33.8 Å². The van der Waals surface area contributed by atoms with Gasteiger partial charge in [-0.1, -0.05) is 45.9 Å². The van der Waals surface area contributed by atoms with Gasteiger partial charge in [0.05, 0.1) is 22.3 Å². The van der Waals surface area contributed by atoms with Crippen LogP contribution in [0.25, 0.3) is 0 Å². The van der Waals surface area contributed by atoms with Gasteiger partial charge in [0.15, 0.2) is 0 Å². The molecule has 12 heteroatoms. The first kappa shape index (κ1) is 23.5. The van der Waals surface area contributed by atoms with E-state index in [1.54, 1.807) is 24.3 Å². The van der Waals surface area contributed by atoms with E-state index in [9.17, 15) is 39.0 Å². The zero-order chi connectivity index (χ0) is 24.6. The number of hydrogen-bond donors (Lipinski definition) is 2. The van der Waals surface area contributed by atoms with E-state index in [1.165, 1.54) is 24.3 Å². The molecule has 2 aliphatic heterocycles. The minimum absolute atomic E-state index is 0.118. The minimum Gasteiger partial charge on any atom is -0.480 e. The van der Waals surface area contributed by atoms with Gasteiger partial charge in [0, 0.05) is 11.5 Å². The van der Waals surface area contributed by atoms with Crippen molar-refractivity contribution in [1.29, 1.82) is 0 Å². The number of carbonyl (C=O) groups is 6. The van der Waals surface area contributed by atoms with Gasteiger partial charge in [-0.25, -0.2) is 9.59 Å². The van der Waals surface area contributed by atoms with Gasteiger partial charge in [-0.05, 0) is 24.3 Å². The molecule has 0 radical (unpaired) electrons. The fourth-order valence-corrected chi connectivity index (χ4v) is 6.10. The number of rotatable bonds is 9. The van der Waals surface area contributed by atoms with Crippen LogP contribution in [0.1, 0.15) is 41.4 Å². The number of imide groups is 2. The van der Waals surface area contributed by atoms with Crippen LogP contribution in [-0.4, -0.2) is 79.2 Å². The standard InChI is InChI=1S/C22H16N2O8S2/c25-17-11-5-1-2-6-12(11)18(26)23(17)15(21(29)30)9-33-34-10-16(22(31)32)24-19(27)13-7-3-4-8-14(13)20(24)28/h1-8,15-16H,9-10H2,(H,29,30)(H,31,32)/t15-,16?/m0/s1. The number of hydrogen-bond acceptors (Lipinski definition) is 8. The van der Waals surface area contributed by atoms with Crippen LogP contribution in [0.3, 0.4) is 0 Å². The summed E-state index contributed by atoms with van der Waals surface area (Å²) in [5.41, 5.74) is 0.474. The predicted molar refractivity (Wildman–Crippen MR) is 122 cm³/mol. The van der Waals surface area contributed by atoms with Gasteiger partial charge >= 0.3 is 11.9 Å². The van der Waals surface area contributed by atoms with Crippen molar-refractivity contribution in [1.82, 2.24) is 9.80 Å². The molecular weight excluding hydrogens is 484 g/mol. The highest BCUT2D eigenvalue weighted by atomic mass is 33.1. The van der Waals surface area contributed by atoms with Crippen LogP contribution in [0.15, 0.2) is 48.5 Å². The van der Waals surface area contributed by atoms with Crippen molar-refractivity contribution >= 4 is 57.2 Å². The molecule has 0 spiro atoms. The topological polar surface area (TPSA) is 149 Å².